The molecule has 10 heteroatoms. The van der Waals surface area contributed by atoms with Crippen LogP contribution in [-0.4, -0.2) is 31.4 Å². The maximum Gasteiger partial charge on any atom is 0.237 e. The number of benzene rings is 2. The van der Waals surface area contributed by atoms with E-state index in [1.807, 2.05) is 32.0 Å². The summed E-state index contributed by atoms with van der Waals surface area (Å²) in [7, 11) is 0. The highest BCUT2D eigenvalue weighted by Gasteiger charge is 2.22. The third-order valence-corrected chi connectivity index (χ3v) is 6.00. The van der Waals surface area contributed by atoms with Crippen LogP contribution < -0.4 is 5.32 Å². The number of anilines is 1. The van der Waals surface area contributed by atoms with Gasteiger partial charge in [0.1, 0.15) is 0 Å². The first-order valence-corrected chi connectivity index (χ1v) is 10.3. The average molecular weight is 457 g/mol. The van der Waals surface area contributed by atoms with Gasteiger partial charge < -0.3 is 5.32 Å². The van der Waals surface area contributed by atoms with Crippen molar-refractivity contribution in [2.75, 3.05) is 5.32 Å². The van der Waals surface area contributed by atoms with Gasteiger partial charge in [-0.25, -0.2) is 0 Å². The van der Waals surface area contributed by atoms with Crippen LogP contribution in [0, 0.1) is 13.8 Å². The van der Waals surface area contributed by atoms with E-state index in [2.05, 4.69) is 20.8 Å². The zero-order valence-electron chi connectivity index (χ0n) is 15.2. The zero-order chi connectivity index (χ0) is 20.4. The average Bonchev–Trinajstić information content (AvgIpc) is 3.08. The molecule has 0 saturated carbocycles. The second kappa shape index (κ2) is 8.69. The molecule has 3 aromatic rings. The van der Waals surface area contributed by atoms with Gasteiger partial charge in [0.05, 0.1) is 26.7 Å². The Balaban J connectivity index is 1.79. The number of hydrogen-bond donors (Lipinski definition) is 1. The number of hydrogen-bond acceptors (Lipinski definition) is 5. The third kappa shape index (κ3) is 4.43. The fourth-order valence-electron chi connectivity index (χ4n) is 2.47. The number of aromatic nitrogens is 4. The number of nitrogens with one attached hydrogen (secondary N) is 1. The van der Waals surface area contributed by atoms with Crippen molar-refractivity contribution in [1.82, 2.24) is 20.2 Å². The van der Waals surface area contributed by atoms with Crippen molar-refractivity contribution in [1.29, 1.82) is 0 Å². The number of tetrazole rings is 1. The smallest absolute Gasteiger partial charge is 0.237 e. The lowest BCUT2D eigenvalue weighted by Crippen LogP contribution is -2.23. The number of aryl methyl sites for hydroxylation is 1. The molecule has 0 fully saturated rings. The molecule has 6 nitrogen and oxygen atoms in total. The van der Waals surface area contributed by atoms with Crippen LogP contribution in [0.4, 0.5) is 5.69 Å². The summed E-state index contributed by atoms with van der Waals surface area (Å²) in [6.45, 7) is 5.77. The van der Waals surface area contributed by atoms with Gasteiger partial charge in [-0.05, 0) is 60.5 Å². The highest BCUT2D eigenvalue weighted by Crippen LogP contribution is 2.34. The van der Waals surface area contributed by atoms with Crippen LogP contribution in [-0.2, 0) is 4.79 Å². The third-order valence-electron chi connectivity index (χ3n) is 4.15. The van der Waals surface area contributed by atoms with Gasteiger partial charge in [0.25, 0.3) is 0 Å². The van der Waals surface area contributed by atoms with E-state index in [1.165, 1.54) is 23.9 Å². The first-order valence-electron chi connectivity index (χ1n) is 8.25. The van der Waals surface area contributed by atoms with Crippen LogP contribution in [0.15, 0.2) is 35.5 Å². The van der Waals surface area contributed by atoms with Gasteiger partial charge in [0, 0.05) is 5.02 Å². The number of rotatable bonds is 5. The van der Waals surface area contributed by atoms with Crippen LogP contribution in [0.1, 0.15) is 18.1 Å². The van der Waals surface area contributed by atoms with E-state index in [0.29, 0.717) is 15.9 Å². The van der Waals surface area contributed by atoms with E-state index in [1.54, 1.807) is 11.6 Å². The highest BCUT2D eigenvalue weighted by atomic mass is 35.5. The van der Waals surface area contributed by atoms with Gasteiger partial charge in [-0.15, -0.1) is 5.10 Å². The first kappa shape index (κ1) is 20.9. The van der Waals surface area contributed by atoms with E-state index in [9.17, 15) is 4.79 Å². The Morgan fingerprint density at radius 1 is 1.18 bits per heavy atom. The Kier molecular flexibility index (Phi) is 6.50. The van der Waals surface area contributed by atoms with Crippen LogP contribution in [0.25, 0.3) is 5.69 Å². The fraction of sp³-hybridized carbons (Fsp3) is 0.222. The predicted octanol–water partition coefficient (Wildman–Crippen LogP) is 5.36. The second-order valence-corrected chi connectivity index (χ2v) is 8.64. The van der Waals surface area contributed by atoms with E-state index < -0.39 is 5.25 Å². The molecule has 1 N–H and O–H groups in total. The molecule has 1 aromatic heterocycles. The molecular weight excluding hydrogens is 441 g/mol. The summed E-state index contributed by atoms with van der Waals surface area (Å²) in [5.74, 6) is -0.286. The number of carbonyl (C=O) groups is 1. The monoisotopic (exact) mass is 455 g/mol. The molecular formula is C18H16Cl3N5OS. The molecule has 0 aliphatic carbocycles. The number of nitrogens with zero attached hydrogens (tertiary/aromatic N) is 4. The number of amides is 1. The Hall–Kier alpha value is -1.80. The molecule has 0 spiro atoms. The number of halogens is 3. The molecule has 1 amide bonds. The van der Waals surface area contributed by atoms with Gasteiger partial charge in [0.15, 0.2) is 0 Å². The van der Waals surface area contributed by atoms with Gasteiger partial charge in [-0.1, -0.05) is 58.7 Å². The molecule has 1 atom stereocenters. The number of thioether (sulfide) groups is 1. The van der Waals surface area contributed by atoms with Gasteiger partial charge in [-0.3, -0.25) is 4.79 Å². The van der Waals surface area contributed by atoms with Crippen molar-refractivity contribution in [2.45, 2.75) is 31.2 Å². The molecule has 0 bridgehead atoms. The summed E-state index contributed by atoms with van der Waals surface area (Å²) >= 11 is 19.4. The lowest BCUT2D eigenvalue weighted by molar-refractivity contribution is -0.115. The molecule has 0 radical (unpaired) electrons. The minimum atomic E-state index is -0.502. The molecule has 28 heavy (non-hydrogen) atoms. The standard InChI is InChI=1S/C18H16Cl3N5OS/c1-9-5-4-6-15(10(9)2)26-18(23-24-25-26)28-11(3)17(27)22-16-13(20)7-12(19)8-14(16)21/h4-8,11H,1-3H3,(H,22,27). The fourth-order valence-corrected chi connectivity index (χ4v) is 4.18. The Labute approximate surface area is 181 Å². The van der Waals surface area contributed by atoms with E-state index in [-0.39, 0.29) is 16.0 Å². The second-order valence-electron chi connectivity index (χ2n) is 6.09. The zero-order valence-corrected chi connectivity index (χ0v) is 18.3. The van der Waals surface area contributed by atoms with Gasteiger partial charge in [-0.2, -0.15) is 4.68 Å². The maximum absolute atomic E-state index is 12.6. The normalized spacial score (nSPS) is 12.1. The predicted molar refractivity (Wildman–Crippen MR) is 114 cm³/mol. The highest BCUT2D eigenvalue weighted by molar-refractivity contribution is 8.00. The Bertz CT molecular complexity index is 1020. The molecule has 0 aliphatic heterocycles. The topological polar surface area (TPSA) is 72.7 Å². The molecule has 146 valence electrons. The lowest BCUT2D eigenvalue weighted by Gasteiger charge is -2.14. The summed E-state index contributed by atoms with van der Waals surface area (Å²) in [4.78, 5) is 12.6. The van der Waals surface area contributed by atoms with Crippen LogP contribution in [0.3, 0.4) is 0 Å². The summed E-state index contributed by atoms with van der Waals surface area (Å²) in [6.07, 6.45) is 0. The van der Waals surface area contributed by atoms with Crippen molar-refractivity contribution in [3.05, 3.63) is 56.5 Å². The summed E-state index contributed by atoms with van der Waals surface area (Å²) < 4.78 is 1.62. The quantitative estimate of drug-likeness (QED) is 0.523. The molecule has 2 aromatic carbocycles. The Morgan fingerprint density at radius 3 is 2.54 bits per heavy atom. The molecule has 1 heterocycles. The number of carbonyl (C=O) groups excluding carboxylic acids is 1. The molecule has 1 unspecified atom stereocenters. The van der Waals surface area contributed by atoms with Crippen LogP contribution >= 0.6 is 46.6 Å². The van der Waals surface area contributed by atoms with Crippen molar-refractivity contribution in [3.63, 3.8) is 0 Å². The van der Waals surface area contributed by atoms with Crippen LogP contribution in [0.5, 0.6) is 0 Å². The maximum atomic E-state index is 12.6. The van der Waals surface area contributed by atoms with Crippen molar-refractivity contribution < 1.29 is 4.79 Å². The summed E-state index contributed by atoms with van der Waals surface area (Å²) in [5, 5.41) is 15.5. The summed E-state index contributed by atoms with van der Waals surface area (Å²) in [6, 6.07) is 8.92. The van der Waals surface area contributed by atoms with Crippen molar-refractivity contribution in [2.24, 2.45) is 0 Å². The molecule has 0 aliphatic rings. The van der Waals surface area contributed by atoms with E-state index in [0.717, 1.165) is 16.8 Å². The SMILES string of the molecule is Cc1cccc(-n2nnnc2SC(C)C(=O)Nc2c(Cl)cc(Cl)cc2Cl)c1C. The van der Waals surface area contributed by atoms with E-state index in [4.69, 9.17) is 34.8 Å². The van der Waals surface area contributed by atoms with Gasteiger partial charge >= 0.3 is 0 Å². The van der Waals surface area contributed by atoms with Crippen molar-refractivity contribution >= 4 is 58.2 Å². The lowest BCUT2D eigenvalue weighted by atomic mass is 10.1. The first-order chi connectivity index (χ1) is 13.3. The minimum Gasteiger partial charge on any atom is -0.323 e. The van der Waals surface area contributed by atoms with Crippen LogP contribution in [0.2, 0.25) is 15.1 Å². The van der Waals surface area contributed by atoms with Gasteiger partial charge in [0.2, 0.25) is 11.1 Å². The Morgan fingerprint density at radius 2 is 1.86 bits per heavy atom. The summed E-state index contributed by atoms with van der Waals surface area (Å²) in [5.41, 5.74) is 3.37. The molecule has 0 saturated heterocycles. The van der Waals surface area contributed by atoms with Crippen molar-refractivity contribution in [3.8, 4) is 5.69 Å². The van der Waals surface area contributed by atoms with E-state index >= 15 is 0 Å². The molecule has 3 rings (SSSR count). The minimum absolute atomic E-state index is 0.267. The largest absolute Gasteiger partial charge is 0.323 e.